The Morgan fingerprint density at radius 3 is 2.53 bits per heavy atom. The fraction of sp³-hybridized carbons (Fsp3) is 0.381. The number of hydrogen-bond donors (Lipinski definition) is 1. The maximum atomic E-state index is 13.2. The molecule has 0 atom stereocenters. The molecule has 1 N–H and O–H groups in total. The van der Waals surface area contributed by atoms with Gasteiger partial charge in [-0.1, -0.05) is 5.16 Å². The molecule has 4 rings (SSSR count). The van der Waals surface area contributed by atoms with E-state index < -0.39 is 21.8 Å². The number of rotatable bonds is 8. The lowest BCUT2D eigenvalue weighted by molar-refractivity contribution is -0.137. The second-order valence-electron chi connectivity index (χ2n) is 7.87. The van der Waals surface area contributed by atoms with Gasteiger partial charge in [0.05, 0.1) is 16.2 Å². The van der Waals surface area contributed by atoms with Crippen LogP contribution in [0.25, 0.3) is 11.0 Å². The summed E-state index contributed by atoms with van der Waals surface area (Å²) in [6.07, 6.45) is -3.01. The number of nitrogens with zero attached hydrogens (tertiary/aromatic N) is 2. The highest BCUT2D eigenvalue weighted by Gasteiger charge is 2.31. The summed E-state index contributed by atoms with van der Waals surface area (Å²) in [6, 6.07) is 7.76. The minimum absolute atomic E-state index is 0.134. The van der Waals surface area contributed by atoms with Crippen molar-refractivity contribution in [1.29, 1.82) is 0 Å². The van der Waals surface area contributed by atoms with E-state index in [1.165, 1.54) is 12.1 Å². The van der Waals surface area contributed by atoms with Gasteiger partial charge in [0.15, 0.2) is 5.58 Å². The van der Waals surface area contributed by atoms with Gasteiger partial charge in [0.25, 0.3) is 0 Å². The molecule has 2 aromatic carbocycles. The van der Waals surface area contributed by atoms with Gasteiger partial charge in [0.2, 0.25) is 10.0 Å². The van der Waals surface area contributed by atoms with Crippen molar-refractivity contribution < 1.29 is 30.5 Å². The number of likely N-dealkylation sites (tertiary alicyclic amines) is 1. The SMILES string of the molecule is O=S(=O)(NCC1CN(CCCc2noc3cc(F)ccc23)C1)c1ccc(C(F)(F)F)cc1. The number of halogens is 4. The molecule has 1 saturated heterocycles. The van der Waals surface area contributed by atoms with Crippen molar-refractivity contribution in [3.05, 3.63) is 59.5 Å². The smallest absolute Gasteiger partial charge is 0.356 e. The van der Waals surface area contributed by atoms with Crippen LogP contribution in [-0.4, -0.2) is 44.7 Å². The van der Waals surface area contributed by atoms with Crippen molar-refractivity contribution in [2.75, 3.05) is 26.2 Å². The van der Waals surface area contributed by atoms with E-state index in [9.17, 15) is 26.0 Å². The summed E-state index contributed by atoms with van der Waals surface area (Å²) in [5.74, 6) is -0.240. The minimum atomic E-state index is -4.51. The van der Waals surface area contributed by atoms with E-state index in [1.54, 1.807) is 6.07 Å². The Bertz CT molecular complexity index is 1190. The third-order valence-electron chi connectivity index (χ3n) is 5.48. The number of alkyl halides is 3. The van der Waals surface area contributed by atoms with E-state index in [2.05, 4.69) is 14.8 Å². The molecule has 0 saturated carbocycles. The van der Waals surface area contributed by atoms with Gasteiger partial charge < -0.3 is 9.42 Å². The van der Waals surface area contributed by atoms with Crippen molar-refractivity contribution in [2.45, 2.75) is 23.9 Å². The zero-order chi connectivity index (χ0) is 22.9. The van der Waals surface area contributed by atoms with Crippen molar-refractivity contribution in [3.8, 4) is 0 Å². The number of hydrogen-bond acceptors (Lipinski definition) is 5. The molecule has 11 heteroatoms. The van der Waals surface area contributed by atoms with E-state index in [1.807, 2.05) is 0 Å². The molecule has 32 heavy (non-hydrogen) atoms. The van der Waals surface area contributed by atoms with Crippen LogP contribution in [-0.2, 0) is 22.6 Å². The van der Waals surface area contributed by atoms with E-state index >= 15 is 0 Å². The van der Waals surface area contributed by atoms with E-state index in [4.69, 9.17) is 4.52 Å². The number of benzene rings is 2. The van der Waals surface area contributed by atoms with Crippen LogP contribution in [0.15, 0.2) is 51.9 Å². The standard InChI is InChI=1S/C21H21F4N3O3S/c22-16-5-8-18-19(27-31-20(18)10-16)2-1-9-28-12-14(13-28)11-26-32(29,30)17-6-3-15(4-7-17)21(23,24)25/h3-8,10,14,26H,1-2,9,11-13H2. The summed E-state index contributed by atoms with van der Waals surface area (Å²) in [5, 5.41) is 4.79. The van der Waals surface area contributed by atoms with Crippen LogP contribution >= 0.6 is 0 Å². The van der Waals surface area contributed by atoms with Crippen molar-refractivity contribution in [3.63, 3.8) is 0 Å². The molecule has 0 amide bonds. The predicted molar refractivity (Wildman–Crippen MR) is 109 cm³/mol. The first kappa shape index (κ1) is 22.7. The quantitative estimate of drug-likeness (QED) is 0.506. The third-order valence-corrected chi connectivity index (χ3v) is 6.92. The zero-order valence-electron chi connectivity index (χ0n) is 16.9. The fourth-order valence-corrected chi connectivity index (χ4v) is 4.85. The molecule has 1 fully saturated rings. The van der Waals surface area contributed by atoms with Crippen LogP contribution in [0.5, 0.6) is 0 Å². The molecule has 1 aliphatic heterocycles. The van der Waals surface area contributed by atoms with Gasteiger partial charge in [-0.25, -0.2) is 17.5 Å². The molecule has 6 nitrogen and oxygen atoms in total. The van der Waals surface area contributed by atoms with Crippen LogP contribution in [0.3, 0.4) is 0 Å². The van der Waals surface area contributed by atoms with Gasteiger partial charge in [-0.15, -0.1) is 0 Å². The maximum absolute atomic E-state index is 13.2. The lowest BCUT2D eigenvalue weighted by Crippen LogP contribution is -2.51. The molecule has 2 heterocycles. The Morgan fingerprint density at radius 2 is 1.84 bits per heavy atom. The molecule has 0 spiro atoms. The number of aromatic nitrogens is 1. The molecule has 0 radical (unpaired) electrons. The molecule has 0 unspecified atom stereocenters. The molecular formula is C21H21F4N3O3S. The molecule has 0 bridgehead atoms. The van der Waals surface area contributed by atoms with Gasteiger partial charge in [-0.2, -0.15) is 13.2 Å². The van der Waals surface area contributed by atoms with Gasteiger partial charge in [-0.3, -0.25) is 0 Å². The Morgan fingerprint density at radius 1 is 1.12 bits per heavy atom. The van der Waals surface area contributed by atoms with Gasteiger partial charge in [-0.05, 0) is 61.7 Å². The van der Waals surface area contributed by atoms with Crippen molar-refractivity contribution in [1.82, 2.24) is 14.8 Å². The van der Waals surface area contributed by atoms with Crippen LogP contribution in [0, 0.1) is 11.7 Å². The van der Waals surface area contributed by atoms with E-state index in [0.29, 0.717) is 12.0 Å². The highest BCUT2D eigenvalue weighted by molar-refractivity contribution is 7.89. The first-order valence-electron chi connectivity index (χ1n) is 10.0. The maximum Gasteiger partial charge on any atom is 0.416 e. The Hall–Kier alpha value is -2.50. The summed E-state index contributed by atoms with van der Waals surface area (Å²) in [6.45, 7) is 2.47. The van der Waals surface area contributed by atoms with Crippen LogP contribution in [0.4, 0.5) is 17.6 Å². The topological polar surface area (TPSA) is 75.4 Å². The van der Waals surface area contributed by atoms with Gasteiger partial charge in [0, 0.05) is 31.1 Å². The lowest BCUT2D eigenvalue weighted by atomic mass is 10.00. The van der Waals surface area contributed by atoms with Crippen molar-refractivity contribution in [2.24, 2.45) is 5.92 Å². The first-order valence-corrected chi connectivity index (χ1v) is 11.5. The summed E-state index contributed by atoms with van der Waals surface area (Å²) >= 11 is 0. The largest absolute Gasteiger partial charge is 0.416 e. The Kier molecular flexibility index (Phi) is 6.24. The predicted octanol–water partition coefficient (Wildman–Crippen LogP) is 3.83. The second kappa shape index (κ2) is 8.80. The Balaban J connectivity index is 1.20. The lowest BCUT2D eigenvalue weighted by Gasteiger charge is -2.39. The average Bonchev–Trinajstić information content (AvgIpc) is 3.10. The molecule has 0 aliphatic carbocycles. The Labute approximate surface area is 182 Å². The molecule has 1 aliphatic rings. The van der Waals surface area contributed by atoms with Crippen LogP contribution < -0.4 is 4.72 Å². The fourth-order valence-electron chi connectivity index (χ4n) is 3.74. The highest BCUT2D eigenvalue weighted by Crippen LogP contribution is 2.29. The first-order chi connectivity index (χ1) is 15.1. The highest BCUT2D eigenvalue weighted by atomic mass is 32.2. The average molecular weight is 471 g/mol. The summed E-state index contributed by atoms with van der Waals surface area (Å²) in [4.78, 5) is 1.99. The zero-order valence-corrected chi connectivity index (χ0v) is 17.7. The monoisotopic (exact) mass is 471 g/mol. The summed E-state index contributed by atoms with van der Waals surface area (Å²) < 4.78 is 83.3. The normalized spacial score (nSPS) is 15.9. The van der Waals surface area contributed by atoms with Gasteiger partial charge >= 0.3 is 6.18 Å². The third kappa shape index (κ3) is 5.11. The number of fused-ring (bicyclic) bond motifs is 1. The van der Waals surface area contributed by atoms with E-state index in [0.717, 1.165) is 61.4 Å². The van der Waals surface area contributed by atoms with Crippen LogP contribution in [0.1, 0.15) is 17.7 Å². The molecule has 172 valence electrons. The van der Waals surface area contributed by atoms with Crippen LogP contribution in [0.2, 0.25) is 0 Å². The number of sulfonamides is 1. The van der Waals surface area contributed by atoms with E-state index in [-0.39, 0.29) is 23.2 Å². The number of nitrogens with one attached hydrogen (secondary N) is 1. The molecular weight excluding hydrogens is 450 g/mol. The molecule has 3 aromatic rings. The molecule has 1 aromatic heterocycles. The summed E-state index contributed by atoms with van der Waals surface area (Å²) in [7, 11) is -3.86. The summed E-state index contributed by atoms with van der Waals surface area (Å²) in [5.41, 5.74) is 0.308. The minimum Gasteiger partial charge on any atom is -0.356 e. The van der Waals surface area contributed by atoms with Crippen molar-refractivity contribution >= 4 is 21.0 Å². The van der Waals surface area contributed by atoms with Gasteiger partial charge in [0.1, 0.15) is 5.82 Å². The second-order valence-corrected chi connectivity index (χ2v) is 9.64. The number of aryl methyl sites for hydroxylation is 1.